The maximum atomic E-state index is 13.2. The molecule has 6 heteroatoms. The van der Waals surface area contributed by atoms with Gasteiger partial charge in [-0.2, -0.15) is 0 Å². The van der Waals surface area contributed by atoms with Gasteiger partial charge in [0, 0.05) is 18.9 Å². The summed E-state index contributed by atoms with van der Waals surface area (Å²) in [6, 6.07) is 2.40. The van der Waals surface area contributed by atoms with Gasteiger partial charge >= 0.3 is 0 Å². The fraction of sp³-hybridized carbons (Fsp3) is 0.100. The molecular formula is C10H9F2N3S. The summed E-state index contributed by atoms with van der Waals surface area (Å²) in [5, 5.41) is 0.484. The van der Waals surface area contributed by atoms with Crippen molar-refractivity contribution in [2.24, 2.45) is 0 Å². The van der Waals surface area contributed by atoms with Crippen molar-refractivity contribution in [2.75, 3.05) is 5.73 Å². The van der Waals surface area contributed by atoms with Crippen LogP contribution in [0.1, 0.15) is 5.56 Å². The lowest BCUT2D eigenvalue weighted by molar-refractivity contribution is 0.583. The molecule has 2 N–H and O–H groups in total. The molecule has 0 fully saturated rings. The minimum atomic E-state index is -0.754. The minimum absolute atomic E-state index is 0.299. The van der Waals surface area contributed by atoms with Gasteiger partial charge in [0.2, 0.25) is 0 Å². The molecule has 0 saturated carbocycles. The highest BCUT2D eigenvalue weighted by molar-refractivity contribution is 7.80. The van der Waals surface area contributed by atoms with Crippen molar-refractivity contribution >= 4 is 18.3 Å². The number of anilines is 1. The van der Waals surface area contributed by atoms with Crippen molar-refractivity contribution < 1.29 is 8.78 Å². The highest BCUT2D eigenvalue weighted by atomic mass is 32.1. The van der Waals surface area contributed by atoms with Crippen molar-refractivity contribution in [3.63, 3.8) is 0 Å². The number of nitrogen functional groups attached to an aromatic ring is 1. The average Bonchev–Trinajstić information content (AvgIpc) is 2.61. The first-order valence-electron chi connectivity index (χ1n) is 4.51. The normalized spacial score (nSPS) is 10.7. The van der Waals surface area contributed by atoms with Crippen molar-refractivity contribution in [1.82, 2.24) is 9.55 Å². The zero-order valence-electron chi connectivity index (χ0n) is 8.19. The van der Waals surface area contributed by atoms with E-state index in [1.807, 2.05) is 0 Å². The maximum absolute atomic E-state index is 13.2. The van der Waals surface area contributed by atoms with E-state index < -0.39 is 17.3 Å². The second-order valence-corrected chi connectivity index (χ2v) is 3.73. The summed E-state index contributed by atoms with van der Waals surface area (Å²) in [4.78, 5) is 3.89. The van der Waals surface area contributed by atoms with Crippen LogP contribution in [0.2, 0.25) is 0 Å². The third kappa shape index (κ3) is 2.01. The third-order valence-electron chi connectivity index (χ3n) is 2.19. The van der Waals surface area contributed by atoms with Crippen LogP contribution in [-0.4, -0.2) is 9.55 Å². The molecule has 1 heterocycles. The monoisotopic (exact) mass is 241 g/mol. The van der Waals surface area contributed by atoms with Gasteiger partial charge in [-0.15, -0.1) is 12.6 Å². The lowest BCUT2D eigenvalue weighted by atomic mass is 10.2. The van der Waals surface area contributed by atoms with E-state index in [2.05, 4.69) is 17.6 Å². The average molecular weight is 241 g/mol. The molecule has 0 aliphatic heterocycles. The summed E-state index contributed by atoms with van der Waals surface area (Å²) in [6.07, 6.45) is 3.24. The Morgan fingerprint density at radius 1 is 1.31 bits per heavy atom. The van der Waals surface area contributed by atoms with Gasteiger partial charge in [-0.25, -0.2) is 13.8 Å². The van der Waals surface area contributed by atoms with Gasteiger partial charge in [-0.1, -0.05) is 0 Å². The van der Waals surface area contributed by atoms with Gasteiger partial charge in [0.25, 0.3) is 0 Å². The molecule has 0 bridgehead atoms. The molecule has 0 saturated heterocycles. The number of benzene rings is 1. The molecule has 84 valence electrons. The fourth-order valence-electron chi connectivity index (χ4n) is 1.37. The zero-order valence-corrected chi connectivity index (χ0v) is 9.09. The van der Waals surface area contributed by atoms with Gasteiger partial charge in [0.05, 0.1) is 0 Å². The van der Waals surface area contributed by atoms with E-state index in [1.165, 1.54) is 12.1 Å². The van der Waals surface area contributed by atoms with Crippen LogP contribution in [-0.2, 0) is 6.54 Å². The topological polar surface area (TPSA) is 43.8 Å². The highest BCUT2D eigenvalue weighted by Gasteiger charge is 2.08. The maximum Gasteiger partial charge on any atom is 0.165 e. The Hall–Kier alpha value is -1.56. The van der Waals surface area contributed by atoms with Crippen LogP contribution in [0.15, 0.2) is 29.7 Å². The van der Waals surface area contributed by atoms with Gasteiger partial charge in [-0.05, 0) is 17.7 Å². The molecule has 16 heavy (non-hydrogen) atoms. The first-order valence-corrected chi connectivity index (χ1v) is 4.96. The molecule has 1 aromatic heterocycles. The van der Waals surface area contributed by atoms with Gasteiger partial charge in [-0.3, -0.25) is 0 Å². The van der Waals surface area contributed by atoms with Crippen LogP contribution in [0.4, 0.5) is 14.5 Å². The number of imidazole rings is 1. The summed E-state index contributed by atoms with van der Waals surface area (Å²) < 4.78 is 28.0. The number of hydrogen-bond donors (Lipinski definition) is 2. The smallest absolute Gasteiger partial charge is 0.165 e. The molecule has 0 amide bonds. The zero-order chi connectivity index (χ0) is 11.7. The molecule has 0 unspecified atom stereocenters. The SMILES string of the molecule is Nc1c(F)cc(Cn2ccnc2S)cc1F. The second-order valence-electron chi connectivity index (χ2n) is 3.33. The van der Waals surface area contributed by atoms with Crippen molar-refractivity contribution in [1.29, 1.82) is 0 Å². The Bertz CT molecular complexity index is 502. The summed E-state index contributed by atoms with van der Waals surface area (Å²) >= 11 is 4.09. The molecule has 1 aromatic carbocycles. The number of rotatable bonds is 2. The van der Waals surface area contributed by atoms with Gasteiger partial charge < -0.3 is 10.3 Å². The second kappa shape index (κ2) is 4.13. The van der Waals surface area contributed by atoms with Crippen LogP contribution in [0.3, 0.4) is 0 Å². The van der Waals surface area contributed by atoms with E-state index in [9.17, 15) is 8.78 Å². The summed E-state index contributed by atoms with van der Waals surface area (Å²) in [5.74, 6) is -1.51. The van der Waals surface area contributed by atoms with E-state index in [4.69, 9.17) is 5.73 Å². The lowest BCUT2D eigenvalue weighted by Crippen LogP contribution is -2.03. The Morgan fingerprint density at radius 2 is 1.94 bits per heavy atom. The Morgan fingerprint density at radius 3 is 2.44 bits per heavy atom. The number of thiol groups is 1. The summed E-state index contributed by atoms with van der Waals surface area (Å²) in [7, 11) is 0. The Balaban J connectivity index is 2.33. The van der Waals surface area contributed by atoms with Crippen LogP contribution >= 0.6 is 12.6 Å². The molecule has 2 rings (SSSR count). The number of halogens is 2. The van der Waals surface area contributed by atoms with E-state index in [-0.39, 0.29) is 0 Å². The van der Waals surface area contributed by atoms with E-state index in [1.54, 1.807) is 17.0 Å². The Kier molecular flexibility index (Phi) is 2.82. The molecule has 0 spiro atoms. The largest absolute Gasteiger partial charge is 0.394 e. The van der Waals surface area contributed by atoms with Crippen molar-refractivity contribution in [3.05, 3.63) is 41.7 Å². The van der Waals surface area contributed by atoms with Gasteiger partial charge in [0.15, 0.2) is 5.16 Å². The summed E-state index contributed by atoms with van der Waals surface area (Å²) in [5.41, 5.74) is 5.18. The number of hydrogen-bond acceptors (Lipinski definition) is 3. The number of aromatic nitrogens is 2. The molecular weight excluding hydrogens is 232 g/mol. The predicted molar refractivity (Wildman–Crippen MR) is 59.4 cm³/mol. The lowest BCUT2D eigenvalue weighted by Gasteiger charge is -2.06. The van der Waals surface area contributed by atoms with E-state index >= 15 is 0 Å². The molecule has 0 radical (unpaired) electrons. The molecule has 0 atom stereocenters. The Labute approximate surface area is 96.3 Å². The van der Waals surface area contributed by atoms with Gasteiger partial charge in [0.1, 0.15) is 17.3 Å². The van der Waals surface area contributed by atoms with Crippen molar-refractivity contribution in [2.45, 2.75) is 11.7 Å². The molecule has 3 nitrogen and oxygen atoms in total. The molecule has 2 aromatic rings. The van der Waals surface area contributed by atoms with Crippen molar-refractivity contribution in [3.8, 4) is 0 Å². The fourth-order valence-corrected chi connectivity index (χ4v) is 1.57. The van der Waals surface area contributed by atoms with E-state index in [0.29, 0.717) is 17.3 Å². The third-order valence-corrected chi connectivity index (χ3v) is 2.56. The first kappa shape index (κ1) is 10.9. The quantitative estimate of drug-likeness (QED) is 0.624. The number of nitrogens with zero attached hydrogens (tertiary/aromatic N) is 2. The molecule has 0 aliphatic carbocycles. The number of nitrogens with two attached hydrogens (primary N) is 1. The first-order chi connectivity index (χ1) is 7.58. The standard InChI is InChI=1S/C10H9F2N3S/c11-7-3-6(4-8(12)9(7)13)5-15-2-1-14-10(15)16/h1-4H,5,13H2,(H,14,16). The van der Waals surface area contributed by atoms with E-state index in [0.717, 1.165) is 0 Å². The molecule has 0 aliphatic rings. The van der Waals surface area contributed by atoms with Crippen LogP contribution in [0.25, 0.3) is 0 Å². The van der Waals surface area contributed by atoms with Crippen LogP contribution < -0.4 is 5.73 Å². The highest BCUT2D eigenvalue weighted by Crippen LogP contribution is 2.18. The van der Waals surface area contributed by atoms with Crippen LogP contribution in [0.5, 0.6) is 0 Å². The summed E-state index contributed by atoms with van der Waals surface area (Å²) in [6.45, 7) is 0.299. The minimum Gasteiger partial charge on any atom is -0.394 e. The predicted octanol–water partition coefficient (Wildman–Crippen LogP) is 2.08. The van der Waals surface area contributed by atoms with Crippen LogP contribution in [0, 0.1) is 11.6 Å².